The van der Waals surface area contributed by atoms with Gasteiger partial charge >= 0.3 is 6.03 Å². The molecule has 1 N–H and O–H groups in total. The van der Waals surface area contributed by atoms with Gasteiger partial charge in [0.2, 0.25) is 5.91 Å². The van der Waals surface area contributed by atoms with Crippen molar-refractivity contribution in [3.63, 3.8) is 0 Å². The van der Waals surface area contributed by atoms with E-state index in [1.54, 1.807) is 61.5 Å². The van der Waals surface area contributed by atoms with Gasteiger partial charge in [-0.15, -0.1) is 0 Å². The lowest BCUT2D eigenvalue weighted by Gasteiger charge is -2.30. The monoisotopic (exact) mass is 455 g/mol. The normalized spacial score (nSPS) is 24.4. The summed E-state index contributed by atoms with van der Waals surface area (Å²) in [5.74, 6) is -1.13. The molecular weight excluding hydrogens is 430 g/mol. The molecule has 32 heavy (non-hydrogen) atoms. The van der Waals surface area contributed by atoms with Gasteiger partial charge in [0.05, 0.1) is 17.5 Å². The van der Waals surface area contributed by atoms with Crippen molar-refractivity contribution in [1.29, 1.82) is 0 Å². The molecule has 4 amide bonds. The molecule has 0 radical (unpaired) electrons. The highest BCUT2D eigenvalue weighted by Crippen LogP contribution is 2.33. The molecule has 2 heterocycles. The Morgan fingerprint density at radius 2 is 1.72 bits per heavy atom. The summed E-state index contributed by atoms with van der Waals surface area (Å²) in [6, 6.07) is 16.5. The smallest absolute Gasteiger partial charge is 0.319 e. The van der Waals surface area contributed by atoms with Crippen LogP contribution in [0.5, 0.6) is 0 Å². The minimum absolute atomic E-state index is 0.00433. The Hall–Kier alpha value is -3.20. The summed E-state index contributed by atoms with van der Waals surface area (Å²) in [4.78, 5) is 41.9. The Morgan fingerprint density at radius 1 is 1.09 bits per heavy atom. The van der Waals surface area contributed by atoms with Gasteiger partial charge in [-0.1, -0.05) is 55.5 Å². The Labute approximate surface area is 187 Å². The van der Waals surface area contributed by atoms with Gasteiger partial charge in [-0.3, -0.25) is 14.5 Å². The summed E-state index contributed by atoms with van der Waals surface area (Å²) >= 11 is 0. The van der Waals surface area contributed by atoms with Crippen molar-refractivity contribution in [2.24, 2.45) is 0 Å². The van der Waals surface area contributed by atoms with E-state index in [1.165, 1.54) is 4.90 Å². The molecule has 168 valence electrons. The fourth-order valence-corrected chi connectivity index (χ4v) is 6.17. The molecular formula is C23H25N3O5S. The van der Waals surface area contributed by atoms with E-state index in [9.17, 15) is 22.8 Å². The number of benzene rings is 2. The number of anilines is 1. The number of hydrogen-bond acceptors (Lipinski definition) is 5. The third-order valence-electron chi connectivity index (χ3n) is 6.14. The lowest BCUT2D eigenvalue weighted by Crippen LogP contribution is -2.49. The highest BCUT2D eigenvalue weighted by atomic mass is 32.2. The van der Waals surface area contributed by atoms with Crippen molar-refractivity contribution in [3.05, 3.63) is 66.2 Å². The number of nitrogens with one attached hydrogen (secondary N) is 1. The number of rotatable bonds is 6. The van der Waals surface area contributed by atoms with Crippen molar-refractivity contribution in [2.45, 2.75) is 31.3 Å². The lowest BCUT2D eigenvalue weighted by atomic mass is 9.87. The SMILES string of the molecule is CC[C@]1(c2ccccc2)NC(=O)N(CC(=O)N(c2ccccc2)[C@H]2CCS(=O)(=O)C2)C1=O. The molecule has 0 bridgehead atoms. The van der Waals surface area contributed by atoms with Crippen molar-refractivity contribution >= 4 is 33.4 Å². The van der Waals surface area contributed by atoms with Gasteiger partial charge in [0, 0.05) is 5.69 Å². The minimum Gasteiger partial charge on any atom is -0.319 e. The average molecular weight is 456 g/mol. The summed E-state index contributed by atoms with van der Waals surface area (Å²) in [6.45, 7) is 1.33. The Balaban J connectivity index is 1.62. The average Bonchev–Trinajstić information content (AvgIpc) is 3.26. The second-order valence-electron chi connectivity index (χ2n) is 8.10. The van der Waals surface area contributed by atoms with Crippen LogP contribution in [0.25, 0.3) is 0 Å². The fourth-order valence-electron chi connectivity index (χ4n) is 4.47. The van der Waals surface area contributed by atoms with E-state index in [0.717, 1.165) is 4.90 Å². The maximum absolute atomic E-state index is 13.4. The number of para-hydroxylation sites is 1. The third kappa shape index (κ3) is 3.88. The molecule has 9 heteroatoms. The fraction of sp³-hybridized carbons (Fsp3) is 0.348. The summed E-state index contributed by atoms with van der Waals surface area (Å²) in [5.41, 5.74) is -0.0403. The van der Waals surface area contributed by atoms with Crippen LogP contribution >= 0.6 is 0 Å². The van der Waals surface area contributed by atoms with Gasteiger partial charge in [-0.2, -0.15) is 0 Å². The molecule has 0 unspecified atom stereocenters. The number of nitrogens with zero attached hydrogens (tertiary/aromatic N) is 2. The molecule has 0 aliphatic carbocycles. The van der Waals surface area contributed by atoms with Crippen molar-refractivity contribution < 1.29 is 22.8 Å². The molecule has 2 aliphatic rings. The van der Waals surface area contributed by atoms with E-state index < -0.39 is 45.8 Å². The van der Waals surface area contributed by atoms with Crippen LogP contribution in [0, 0.1) is 0 Å². The van der Waals surface area contributed by atoms with Crippen molar-refractivity contribution in [2.75, 3.05) is 23.0 Å². The Kier molecular flexibility index (Phi) is 5.77. The number of amides is 4. The molecule has 0 spiro atoms. The van der Waals surface area contributed by atoms with Gasteiger partial charge < -0.3 is 10.2 Å². The van der Waals surface area contributed by atoms with Crippen molar-refractivity contribution in [1.82, 2.24) is 10.2 Å². The van der Waals surface area contributed by atoms with E-state index in [1.807, 2.05) is 6.07 Å². The molecule has 4 rings (SSSR count). The molecule has 2 aromatic carbocycles. The Morgan fingerprint density at radius 3 is 2.28 bits per heavy atom. The van der Waals surface area contributed by atoms with Crippen LogP contribution in [0.1, 0.15) is 25.3 Å². The van der Waals surface area contributed by atoms with Gasteiger partial charge in [0.1, 0.15) is 12.1 Å². The quantitative estimate of drug-likeness (QED) is 0.672. The highest BCUT2D eigenvalue weighted by molar-refractivity contribution is 7.91. The van der Waals surface area contributed by atoms with E-state index in [0.29, 0.717) is 24.1 Å². The van der Waals surface area contributed by atoms with E-state index in [-0.39, 0.29) is 11.5 Å². The molecule has 2 fully saturated rings. The first kappa shape index (κ1) is 22.0. The molecule has 2 aromatic rings. The maximum Gasteiger partial charge on any atom is 0.325 e. The summed E-state index contributed by atoms with van der Waals surface area (Å²) in [6.07, 6.45) is 0.640. The predicted octanol–water partition coefficient (Wildman–Crippen LogP) is 2.06. The maximum atomic E-state index is 13.4. The van der Waals surface area contributed by atoms with Crippen LogP contribution in [-0.4, -0.2) is 55.3 Å². The Bertz CT molecular complexity index is 1140. The number of carbonyl (C=O) groups is 3. The third-order valence-corrected chi connectivity index (χ3v) is 7.89. The lowest BCUT2D eigenvalue weighted by molar-refractivity contribution is -0.134. The van der Waals surface area contributed by atoms with E-state index in [4.69, 9.17) is 0 Å². The van der Waals surface area contributed by atoms with E-state index in [2.05, 4.69) is 5.32 Å². The van der Waals surface area contributed by atoms with Crippen LogP contribution in [-0.2, 0) is 25.0 Å². The zero-order chi connectivity index (χ0) is 22.9. The van der Waals surface area contributed by atoms with Gasteiger partial charge in [0.25, 0.3) is 5.91 Å². The van der Waals surface area contributed by atoms with E-state index >= 15 is 0 Å². The minimum atomic E-state index is -3.24. The summed E-state index contributed by atoms with van der Waals surface area (Å²) in [7, 11) is -3.24. The summed E-state index contributed by atoms with van der Waals surface area (Å²) < 4.78 is 24.1. The topological polar surface area (TPSA) is 104 Å². The van der Waals surface area contributed by atoms with Crippen LogP contribution in [0.2, 0.25) is 0 Å². The van der Waals surface area contributed by atoms with Crippen LogP contribution < -0.4 is 10.2 Å². The zero-order valence-electron chi connectivity index (χ0n) is 17.7. The standard InChI is InChI=1S/C23H25N3O5S/c1-2-23(17-9-5-3-6-10-17)21(28)25(22(29)24-23)15-20(27)26(18-11-7-4-8-12-18)19-13-14-32(30,31)16-19/h3-12,19H,2,13-16H2,1H3,(H,24,29)/t19-,23+/m0/s1. The first-order valence-electron chi connectivity index (χ1n) is 10.5. The molecule has 2 atom stereocenters. The highest BCUT2D eigenvalue weighted by Gasteiger charge is 2.52. The number of sulfone groups is 1. The van der Waals surface area contributed by atoms with Gasteiger partial charge in [-0.25, -0.2) is 13.2 Å². The number of imide groups is 1. The molecule has 8 nitrogen and oxygen atoms in total. The number of urea groups is 1. The van der Waals surface area contributed by atoms with Crippen LogP contribution in [0.15, 0.2) is 60.7 Å². The second kappa shape index (κ2) is 8.38. The first-order chi connectivity index (χ1) is 15.3. The molecule has 2 aliphatic heterocycles. The number of carbonyl (C=O) groups excluding carboxylic acids is 3. The van der Waals surface area contributed by atoms with Gasteiger partial charge in [-0.05, 0) is 30.5 Å². The zero-order valence-corrected chi connectivity index (χ0v) is 18.5. The van der Waals surface area contributed by atoms with Gasteiger partial charge in [0.15, 0.2) is 9.84 Å². The molecule has 0 saturated carbocycles. The molecule has 0 aromatic heterocycles. The van der Waals surface area contributed by atoms with Crippen molar-refractivity contribution in [3.8, 4) is 0 Å². The van der Waals surface area contributed by atoms with Crippen LogP contribution in [0.4, 0.5) is 10.5 Å². The number of hydrogen-bond donors (Lipinski definition) is 1. The summed E-state index contributed by atoms with van der Waals surface area (Å²) in [5, 5.41) is 2.77. The molecule has 2 saturated heterocycles. The predicted molar refractivity (Wildman–Crippen MR) is 120 cm³/mol. The van der Waals surface area contributed by atoms with Crippen LogP contribution in [0.3, 0.4) is 0 Å². The first-order valence-corrected chi connectivity index (χ1v) is 12.4. The second-order valence-corrected chi connectivity index (χ2v) is 10.3. The largest absolute Gasteiger partial charge is 0.325 e.